The summed E-state index contributed by atoms with van der Waals surface area (Å²) in [6, 6.07) is 18.9. The molecule has 152 valence electrons. The quantitative estimate of drug-likeness (QED) is 0.479. The molecule has 0 heterocycles. The molecule has 0 aliphatic carbocycles. The van der Waals surface area contributed by atoms with Crippen molar-refractivity contribution >= 4 is 76.6 Å². The Kier molecular flexibility index (Phi) is 10.2. The first-order chi connectivity index (χ1) is 14.9. The molecular formula is C22H22B6O2S2. The van der Waals surface area contributed by atoms with Gasteiger partial charge < -0.3 is 5.11 Å². The highest BCUT2D eigenvalue weighted by atomic mass is 32.2. The van der Waals surface area contributed by atoms with Gasteiger partial charge in [-0.15, -0.1) is 0 Å². The number of benzene rings is 2. The van der Waals surface area contributed by atoms with Crippen LogP contribution in [-0.2, 0) is 13.9 Å². The molecule has 0 bridgehead atoms. The number of rotatable bonds is 13. The van der Waals surface area contributed by atoms with E-state index in [2.05, 4.69) is 0 Å². The van der Waals surface area contributed by atoms with Crippen LogP contribution in [0.2, 0.25) is 5.21 Å². The fourth-order valence-electron chi connectivity index (χ4n) is 3.25. The van der Waals surface area contributed by atoms with E-state index in [4.69, 9.17) is 52.2 Å². The van der Waals surface area contributed by atoms with Crippen molar-refractivity contribution in [1.29, 1.82) is 0 Å². The van der Waals surface area contributed by atoms with Crippen molar-refractivity contribution in [3.8, 4) is 0 Å². The smallest absolute Gasteiger partial charge is 0.302 e. The van der Waals surface area contributed by atoms with E-state index < -0.39 is 20.3 Å². The van der Waals surface area contributed by atoms with Gasteiger partial charge in [0.05, 0.1) is 47.1 Å². The van der Waals surface area contributed by atoms with E-state index in [1.807, 2.05) is 60.7 Å². The van der Waals surface area contributed by atoms with Crippen LogP contribution < -0.4 is 0 Å². The number of carboxylic acid groups (broad SMARTS) is 1. The summed E-state index contributed by atoms with van der Waals surface area (Å²) in [6.45, 7) is 0. The van der Waals surface area contributed by atoms with Gasteiger partial charge in [0.1, 0.15) is 0 Å². The van der Waals surface area contributed by atoms with E-state index in [1.54, 1.807) is 0 Å². The van der Waals surface area contributed by atoms with Gasteiger partial charge in [-0.3, -0.25) is 4.79 Å². The monoisotopic (exact) mass is 448 g/mol. The van der Waals surface area contributed by atoms with E-state index in [0.29, 0.717) is 25.0 Å². The summed E-state index contributed by atoms with van der Waals surface area (Å²) in [5.74, 6) is -0.393. The average Bonchev–Trinajstić information content (AvgIpc) is 2.72. The van der Waals surface area contributed by atoms with E-state index in [0.717, 1.165) is 11.1 Å². The molecule has 32 heavy (non-hydrogen) atoms. The van der Waals surface area contributed by atoms with Gasteiger partial charge in [-0.2, -0.15) is 23.5 Å². The molecule has 0 fully saturated rings. The first kappa shape index (κ1) is 27.2. The van der Waals surface area contributed by atoms with Crippen LogP contribution in [0, 0.1) is 0 Å². The lowest BCUT2D eigenvalue weighted by Gasteiger charge is -2.34. The zero-order valence-electron chi connectivity index (χ0n) is 18.0. The summed E-state index contributed by atoms with van der Waals surface area (Å²) < 4.78 is -2.16. The third-order valence-electron chi connectivity index (χ3n) is 5.00. The number of thioether (sulfide) groups is 2. The molecule has 0 aliphatic heterocycles. The maximum absolute atomic E-state index is 11.1. The molecule has 0 saturated carbocycles. The molecule has 10 heteroatoms. The van der Waals surface area contributed by atoms with E-state index >= 15 is 0 Å². The lowest BCUT2D eigenvalue weighted by molar-refractivity contribution is -0.137. The van der Waals surface area contributed by atoms with Gasteiger partial charge in [0.15, 0.2) is 0 Å². The number of hydrogen-bond acceptors (Lipinski definition) is 3. The molecular weight excluding hydrogens is 425 g/mol. The van der Waals surface area contributed by atoms with Crippen molar-refractivity contribution in [2.24, 2.45) is 0 Å². The molecule has 1 N–H and O–H groups in total. The van der Waals surface area contributed by atoms with Gasteiger partial charge in [0.2, 0.25) is 0 Å². The number of aliphatic carboxylic acids is 1. The largest absolute Gasteiger partial charge is 0.481 e. The molecule has 2 rings (SSSR count). The normalized spacial score (nSPS) is 13.5. The van der Waals surface area contributed by atoms with Crippen LogP contribution >= 0.6 is 23.5 Å². The molecule has 0 saturated heterocycles. The Labute approximate surface area is 208 Å². The molecule has 0 aromatic heterocycles. The Bertz CT molecular complexity index is 850. The van der Waals surface area contributed by atoms with Gasteiger partial charge >= 0.3 is 5.97 Å². The summed E-state index contributed by atoms with van der Waals surface area (Å²) in [5, 5.41) is 7.70. The minimum Gasteiger partial charge on any atom is -0.481 e. The SMILES string of the molecule is [B]C([B])(CCC(CCSC([B])([B])c1ccccc1)SC([B])([B])c1ccccc1)CC(=O)O. The molecule has 2 aromatic rings. The van der Waals surface area contributed by atoms with Crippen molar-refractivity contribution in [3.05, 3.63) is 71.8 Å². The Balaban J connectivity index is 2.06. The second-order valence-corrected chi connectivity index (χ2v) is 11.0. The van der Waals surface area contributed by atoms with Gasteiger partial charge in [0.25, 0.3) is 0 Å². The standard InChI is InChI=1S/C22H22B6O2S2/c23-20(24,15-19(29)30)13-11-18(32-22(27,28)17-9-5-2-6-10-17)12-14-31-21(25,26)16-7-3-1-4-8-16/h1-10,18H,11-15H2,(H,29,30). The first-order valence-electron chi connectivity index (χ1n) is 10.3. The first-order valence-corrected chi connectivity index (χ1v) is 12.2. The zero-order chi connectivity index (χ0) is 23.8. The highest BCUT2D eigenvalue weighted by Gasteiger charge is 2.28. The summed E-state index contributed by atoms with van der Waals surface area (Å²) in [5.41, 5.74) is 1.62. The molecule has 0 aliphatic rings. The van der Waals surface area contributed by atoms with Crippen LogP contribution in [0.5, 0.6) is 0 Å². The molecule has 0 amide bonds. The lowest BCUT2D eigenvalue weighted by atomic mass is 9.50. The van der Waals surface area contributed by atoms with Gasteiger partial charge in [-0.25, -0.2) is 0 Å². The molecule has 0 spiro atoms. The average molecular weight is 447 g/mol. The second-order valence-electron chi connectivity index (χ2n) is 8.04. The topological polar surface area (TPSA) is 37.3 Å². The van der Waals surface area contributed by atoms with Crippen LogP contribution in [0.3, 0.4) is 0 Å². The van der Waals surface area contributed by atoms with Crippen LogP contribution in [0.25, 0.3) is 0 Å². The molecule has 1 atom stereocenters. The van der Waals surface area contributed by atoms with Crippen molar-refractivity contribution in [3.63, 3.8) is 0 Å². The zero-order valence-corrected chi connectivity index (χ0v) is 19.7. The summed E-state index contributed by atoms with van der Waals surface area (Å²) in [6.07, 6.45) is 1.21. The highest BCUT2D eigenvalue weighted by molar-refractivity contribution is 8.03. The van der Waals surface area contributed by atoms with E-state index in [1.165, 1.54) is 23.5 Å². The van der Waals surface area contributed by atoms with Crippen molar-refractivity contribution in [2.75, 3.05) is 5.75 Å². The Morgan fingerprint density at radius 1 is 0.812 bits per heavy atom. The molecule has 2 nitrogen and oxygen atoms in total. The molecule has 12 radical (unpaired) electrons. The van der Waals surface area contributed by atoms with Crippen LogP contribution in [0.15, 0.2) is 60.7 Å². The summed E-state index contributed by atoms with van der Waals surface area (Å²) in [7, 11) is 37.5. The number of hydrogen-bond donors (Lipinski definition) is 1. The number of carbonyl (C=O) groups is 1. The van der Waals surface area contributed by atoms with Gasteiger partial charge in [-0.05, 0) is 38.8 Å². The lowest BCUT2D eigenvalue weighted by Crippen LogP contribution is -2.28. The predicted molar refractivity (Wildman–Crippen MR) is 143 cm³/mol. The Hall–Kier alpha value is -1.00. The Morgan fingerprint density at radius 2 is 1.31 bits per heavy atom. The predicted octanol–water partition coefficient (Wildman–Crippen LogP) is 3.21. The molecule has 1 unspecified atom stereocenters. The minimum absolute atomic E-state index is 0.0375. The Morgan fingerprint density at radius 3 is 1.81 bits per heavy atom. The van der Waals surface area contributed by atoms with Crippen LogP contribution in [0.1, 0.15) is 36.8 Å². The van der Waals surface area contributed by atoms with Crippen molar-refractivity contribution in [1.82, 2.24) is 0 Å². The fraction of sp³-hybridized carbons (Fsp3) is 0.409. The second kappa shape index (κ2) is 11.9. The molecule has 2 aromatic carbocycles. The number of carboxylic acids is 1. The summed E-state index contributed by atoms with van der Waals surface area (Å²) >= 11 is 2.84. The summed E-state index contributed by atoms with van der Waals surface area (Å²) in [4.78, 5) is 11.1. The minimum atomic E-state index is -1.31. The maximum atomic E-state index is 11.1. The fourth-order valence-corrected chi connectivity index (χ4v) is 5.73. The highest BCUT2D eigenvalue weighted by Crippen LogP contribution is 2.41. The van der Waals surface area contributed by atoms with Crippen LogP contribution in [-0.4, -0.2) is 69.2 Å². The van der Waals surface area contributed by atoms with Gasteiger partial charge in [-0.1, -0.05) is 72.3 Å². The van der Waals surface area contributed by atoms with Crippen molar-refractivity contribution < 1.29 is 9.90 Å². The third-order valence-corrected chi connectivity index (χ3v) is 7.59. The van der Waals surface area contributed by atoms with E-state index in [9.17, 15) is 4.79 Å². The van der Waals surface area contributed by atoms with Gasteiger partial charge in [0, 0.05) is 11.7 Å². The van der Waals surface area contributed by atoms with Crippen LogP contribution in [0.4, 0.5) is 0 Å². The van der Waals surface area contributed by atoms with E-state index in [-0.39, 0.29) is 11.7 Å². The third kappa shape index (κ3) is 9.09. The van der Waals surface area contributed by atoms with Crippen molar-refractivity contribution in [2.45, 2.75) is 45.2 Å². The maximum Gasteiger partial charge on any atom is 0.302 e.